The van der Waals surface area contributed by atoms with Gasteiger partial charge in [0.25, 0.3) is 0 Å². The van der Waals surface area contributed by atoms with Gasteiger partial charge in [-0.15, -0.1) is 0 Å². The Labute approximate surface area is 125 Å². The maximum atomic E-state index is 2.82. The van der Waals surface area contributed by atoms with Crippen molar-refractivity contribution in [1.82, 2.24) is 9.80 Å². The molecule has 0 aromatic rings. The van der Waals surface area contributed by atoms with Gasteiger partial charge < -0.3 is 0 Å². The molecular weight excluding hydrogens is 244 g/mol. The summed E-state index contributed by atoms with van der Waals surface area (Å²) >= 11 is 0. The molecule has 116 valence electrons. The lowest BCUT2D eigenvalue weighted by Crippen LogP contribution is -2.53. The van der Waals surface area contributed by atoms with Gasteiger partial charge in [0.2, 0.25) is 0 Å². The topological polar surface area (TPSA) is 6.48 Å². The summed E-state index contributed by atoms with van der Waals surface area (Å²) in [5.41, 5.74) is 0. The highest BCUT2D eigenvalue weighted by Gasteiger charge is 2.31. The standard InChI is InChI=1S/C18H34N2/c1-15(2)16-7-9-18(10-8-16)20-13-11-19(12-14-20)17-5-3-4-6-17/h15-18H,3-14H2,1-2H3. The van der Waals surface area contributed by atoms with Gasteiger partial charge in [-0.3, -0.25) is 9.80 Å². The molecule has 0 aromatic carbocycles. The van der Waals surface area contributed by atoms with Gasteiger partial charge in [-0.25, -0.2) is 0 Å². The van der Waals surface area contributed by atoms with E-state index in [9.17, 15) is 0 Å². The Kier molecular flexibility index (Phi) is 5.04. The van der Waals surface area contributed by atoms with Crippen LogP contribution in [-0.2, 0) is 0 Å². The van der Waals surface area contributed by atoms with Gasteiger partial charge in [0.1, 0.15) is 0 Å². The third kappa shape index (κ3) is 3.39. The highest BCUT2D eigenvalue weighted by molar-refractivity contribution is 4.87. The summed E-state index contributed by atoms with van der Waals surface area (Å²) < 4.78 is 0. The maximum Gasteiger partial charge on any atom is 0.0113 e. The molecule has 2 heteroatoms. The van der Waals surface area contributed by atoms with Crippen LogP contribution >= 0.6 is 0 Å². The fourth-order valence-corrected chi connectivity index (χ4v) is 4.87. The number of hydrogen-bond donors (Lipinski definition) is 0. The number of nitrogens with zero attached hydrogens (tertiary/aromatic N) is 2. The van der Waals surface area contributed by atoms with Crippen molar-refractivity contribution in [1.29, 1.82) is 0 Å². The molecule has 0 bridgehead atoms. The van der Waals surface area contributed by atoms with E-state index in [4.69, 9.17) is 0 Å². The molecule has 0 spiro atoms. The molecule has 0 unspecified atom stereocenters. The van der Waals surface area contributed by atoms with Crippen molar-refractivity contribution in [2.24, 2.45) is 11.8 Å². The van der Waals surface area contributed by atoms with Gasteiger partial charge in [-0.1, -0.05) is 26.7 Å². The Morgan fingerprint density at radius 1 is 0.650 bits per heavy atom. The molecule has 3 fully saturated rings. The van der Waals surface area contributed by atoms with E-state index in [2.05, 4.69) is 23.6 Å². The zero-order valence-corrected chi connectivity index (χ0v) is 13.7. The molecule has 1 aliphatic heterocycles. The smallest absolute Gasteiger partial charge is 0.0113 e. The fourth-order valence-electron chi connectivity index (χ4n) is 4.87. The lowest BCUT2D eigenvalue weighted by molar-refractivity contribution is 0.0481. The number of piperazine rings is 1. The van der Waals surface area contributed by atoms with Crippen molar-refractivity contribution in [2.75, 3.05) is 26.2 Å². The largest absolute Gasteiger partial charge is 0.298 e. The molecule has 0 aromatic heterocycles. The lowest BCUT2D eigenvalue weighted by atomic mass is 9.79. The van der Waals surface area contributed by atoms with E-state index >= 15 is 0 Å². The molecule has 0 amide bonds. The van der Waals surface area contributed by atoms with Gasteiger partial charge in [-0.05, 0) is 50.4 Å². The van der Waals surface area contributed by atoms with Crippen LogP contribution in [-0.4, -0.2) is 48.1 Å². The van der Waals surface area contributed by atoms with Crippen LogP contribution in [0.4, 0.5) is 0 Å². The summed E-state index contributed by atoms with van der Waals surface area (Å²) in [7, 11) is 0. The third-order valence-electron chi connectivity index (χ3n) is 6.39. The van der Waals surface area contributed by atoms with Crippen LogP contribution in [0.1, 0.15) is 65.2 Å². The first-order valence-corrected chi connectivity index (χ1v) is 9.22. The summed E-state index contributed by atoms with van der Waals surface area (Å²) in [4.78, 5) is 5.62. The highest BCUT2D eigenvalue weighted by atomic mass is 15.3. The van der Waals surface area contributed by atoms with Crippen LogP contribution in [0.5, 0.6) is 0 Å². The van der Waals surface area contributed by atoms with Crippen molar-refractivity contribution in [2.45, 2.75) is 77.3 Å². The van der Waals surface area contributed by atoms with Gasteiger partial charge in [-0.2, -0.15) is 0 Å². The van der Waals surface area contributed by atoms with E-state index in [1.807, 2.05) is 0 Å². The maximum absolute atomic E-state index is 2.82. The van der Waals surface area contributed by atoms with Crippen molar-refractivity contribution in [3.05, 3.63) is 0 Å². The Hall–Kier alpha value is -0.0800. The van der Waals surface area contributed by atoms with E-state index in [1.165, 1.54) is 77.5 Å². The third-order valence-corrected chi connectivity index (χ3v) is 6.39. The second kappa shape index (κ2) is 6.79. The molecule has 1 saturated heterocycles. The Morgan fingerprint density at radius 2 is 1.10 bits per heavy atom. The summed E-state index contributed by atoms with van der Waals surface area (Å²) in [6.45, 7) is 10.2. The van der Waals surface area contributed by atoms with Crippen LogP contribution in [0, 0.1) is 11.8 Å². The number of hydrogen-bond acceptors (Lipinski definition) is 2. The monoisotopic (exact) mass is 278 g/mol. The van der Waals surface area contributed by atoms with Crippen molar-refractivity contribution in [3.63, 3.8) is 0 Å². The Morgan fingerprint density at radius 3 is 1.55 bits per heavy atom. The molecule has 0 N–H and O–H groups in total. The fraction of sp³-hybridized carbons (Fsp3) is 1.00. The average Bonchev–Trinajstić information content (AvgIpc) is 3.02. The minimum atomic E-state index is 0.898. The summed E-state index contributed by atoms with van der Waals surface area (Å²) in [6, 6.07) is 1.85. The highest BCUT2D eigenvalue weighted by Crippen LogP contribution is 2.33. The van der Waals surface area contributed by atoms with Gasteiger partial charge >= 0.3 is 0 Å². The van der Waals surface area contributed by atoms with Gasteiger partial charge in [0, 0.05) is 38.3 Å². The molecule has 2 nitrogen and oxygen atoms in total. The predicted octanol–water partition coefficient (Wildman–Crippen LogP) is 3.76. The predicted molar refractivity (Wildman–Crippen MR) is 86.0 cm³/mol. The van der Waals surface area contributed by atoms with Crippen LogP contribution < -0.4 is 0 Å². The van der Waals surface area contributed by atoms with Crippen LogP contribution in [0.15, 0.2) is 0 Å². The Bertz CT molecular complexity index is 280. The van der Waals surface area contributed by atoms with Crippen molar-refractivity contribution < 1.29 is 0 Å². The molecule has 1 heterocycles. The van der Waals surface area contributed by atoms with E-state index in [0.29, 0.717) is 0 Å². The minimum Gasteiger partial charge on any atom is -0.298 e. The van der Waals surface area contributed by atoms with Crippen LogP contribution in [0.3, 0.4) is 0 Å². The van der Waals surface area contributed by atoms with Crippen molar-refractivity contribution >= 4 is 0 Å². The van der Waals surface area contributed by atoms with Crippen LogP contribution in [0.25, 0.3) is 0 Å². The molecular formula is C18H34N2. The lowest BCUT2D eigenvalue weighted by Gasteiger charge is -2.44. The first kappa shape index (κ1) is 14.8. The molecule has 2 aliphatic carbocycles. The normalized spacial score (nSPS) is 35.0. The first-order chi connectivity index (χ1) is 9.74. The second-order valence-corrected chi connectivity index (χ2v) is 7.82. The molecule has 0 radical (unpaired) electrons. The molecule has 3 aliphatic rings. The molecule has 0 atom stereocenters. The number of rotatable bonds is 3. The first-order valence-electron chi connectivity index (χ1n) is 9.22. The summed E-state index contributed by atoms with van der Waals surface area (Å²) in [5, 5.41) is 0. The SMILES string of the molecule is CC(C)C1CCC(N2CCN(C3CCCC3)CC2)CC1. The molecule has 2 saturated carbocycles. The average molecular weight is 278 g/mol. The van der Waals surface area contributed by atoms with E-state index in [-0.39, 0.29) is 0 Å². The molecule has 3 rings (SSSR count). The second-order valence-electron chi connectivity index (χ2n) is 7.82. The molecule has 20 heavy (non-hydrogen) atoms. The van der Waals surface area contributed by atoms with E-state index in [1.54, 1.807) is 0 Å². The van der Waals surface area contributed by atoms with Crippen LogP contribution in [0.2, 0.25) is 0 Å². The Balaban J connectivity index is 1.42. The summed E-state index contributed by atoms with van der Waals surface area (Å²) in [6.07, 6.45) is 11.8. The summed E-state index contributed by atoms with van der Waals surface area (Å²) in [5.74, 6) is 1.90. The van der Waals surface area contributed by atoms with Gasteiger partial charge in [0.05, 0.1) is 0 Å². The minimum absolute atomic E-state index is 0.898. The van der Waals surface area contributed by atoms with E-state index < -0.39 is 0 Å². The zero-order chi connectivity index (χ0) is 13.9. The van der Waals surface area contributed by atoms with E-state index in [0.717, 1.165) is 23.9 Å². The zero-order valence-electron chi connectivity index (χ0n) is 13.7. The van der Waals surface area contributed by atoms with Gasteiger partial charge in [0.15, 0.2) is 0 Å². The van der Waals surface area contributed by atoms with Crippen molar-refractivity contribution in [3.8, 4) is 0 Å². The quantitative estimate of drug-likeness (QED) is 0.775.